The number of hydrogen-bond donors (Lipinski definition) is 0. The molecular formula is C13H9F5N2O2S. The average Bonchev–Trinajstić information content (AvgIpc) is 2.46. The van der Waals surface area contributed by atoms with Gasteiger partial charge in [-0.15, -0.1) is 0 Å². The Bertz CT molecular complexity index is 836. The van der Waals surface area contributed by atoms with Gasteiger partial charge in [0.15, 0.2) is 11.6 Å². The number of hydrogen-bond acceptors (Lipinski definition) is 3. The van der Waals surface area contributed by atoms with E-state index in [9.17, 15) is 30.4 Å². The first kappa shape index (κ1) is 17.1. The van der Waals surface area contributed by atoms with E-state index in [1.165, 1.54) is 0 Å². The normalized spacial score (nSPS) is 12.3. The summed E-state index contributed by atoms with van der Waals surface area (Å²) in [4.78, 5) is 2.62. The zero-order chi connectivity index (χ0) is 17.4. The maximum absolute atomic E-state index is 13.6. The number of anilines is 1. The van der Waals surface area contributed by atoms with Gasteiger partial charge >= 0.3 is 6.18 Å². The molecule has 0 saturated carbocycles. The minimum atomic E-state index is -4.73. The summed E-state index contributed by atoms with van der Waals surface area (Å²) in [5.41, 5.74) is -1.17. The van der Waals surface area contributed by atoms with Crippen LogP contribution < -0.4 is 4.31 Å². The summed E-state index contributed by atoms with van der Waals surface area (Å²) in [5, 5.41) is 0. The highest BCUT2D eigenvalue weighted by molar-refractivity contribution is 7.92. The second-order valence-corrected chi connectivity index (χ2v) is 6.43. The van der Waals surface area contributed by atoms with Crippen molar-refractivity contribution in [3.8, 4) is 0 Å². The van der Waals surface area contributed by atoms with E-state index in [0.29, 0.717) is 28.7 Å². The highest BCUT2D eigenvalue weighted by Crippen LogP contribution is 2.31. The molecule has 0 saturated heterocycles. The molecule has 1 aromatic heterocycles. The van der Waals surface area contributed by atoms with Crippen molar-refractivity contribution in [2.45, 2.75) is 11.1 Å². The lowest BCUT2D eigenvalue weighted by Crippen LogP contribution is -2.28. The predicted molar refractivity (Wildman–Crippen MR) is 71.2 cm³/mol. The smallest absolute Gasteiger partial charge is 0.250 e. The molecule has 0 amide bonds. The molecule has 0 radical (unpaired) electrons. The Labute approximate surface area is 128 Å². The van der Waals surface area contributed by atoms with Crippen LogP contribution in [-0.4, -0.2) is 20.4 Å². The van der Waals surface area contributed by atoms with Crippen LogP contribution in [-0.2, 0) is 16.2 Å². The molecule has 0 fully saturated rings. The molecule has 0 bridgehead atoms. The van der Waals surface area contributed by atoms with Crippen LogP contribution in [0.15, 0.2) is 41.4 Å². The highest BCUT2D eigenvalue weighted by atomic mass is 32.2. The van der Waals surface area contributed by atoms with E-state index in [0.717, 1.165) is 19.2 Å². The topological polar surface area (TPSA) is 50.3 Å². The molecule has 1 aromatic carbocycles. The number of nitrogens with zero attached hydrogens (tertiary/aromatic N) is 2. The first-order valence-corrected chi connectivity index (χ1v) is 7.45. The van der Waals surface area contributed by atoms with Gasteiger partial charge in [0.1, 0.15) is 5.82 Å². The zero-order valence-electron chi connectivity index (χ0n) is 11.5. The second-order valence-electron chi connectivity index (χ2n) is 4.46. The molecule has 0 unspecified atom stereocenters. The molecule has 1 heterocycles. The molecule has 23 heavy (non-hydrogen) atoms. The van der Waals surface area contributed by atoms with Crippen molar-refractivity contribution in [2.75, 3.05) is 11.4 Å². The third-order valence-corrected chi connectivity index (χ3v) is 4.65. The monoisotopic (exact) mass is 352 g/mol. The minimum Gasteiger partial charge on any atom is -0.250 e. The van der Waals surface area contributed by atoms with Gasteiger partial charge in [-0.25, -0.2) is 22.2 Å². The minimum absolute atomic E-state index is 0.345. The zero-order valence-corrected chi connectivity index (χ0v) is 12.3. The van der Waals surface area contributed by atoms with E-state index in [2.05, 4.69) is 4.98 Å². The van der Waals surface area contributed by atoms with E-state index in [1.54, 1.807) is 0 Å². The molecule has 0 aliphatic carbocycles. The molecule has 0 aliphatic rings. The molecule has 0 atom stereocenters. The van der Waals surface area contributed by atoms with E-state index in [4.69, 9.17) is 0 Å². The van der Waals surface area contributed by atoms with Gasteiger partial charge in [-0.1, -0.05) is 6.07 Å². The fourth-order valence-corrected chi connectivity index (χ4v) is 2.95. The van der Waals surface area contributed by atoms with Gasteiger partial charge in [0.05, 0.1) is 16.7 Å². The quantitative estimate of drug-likeness (QED) is 0.797. The fourth-order valence-electron chi connectivity index (χ4n) is 1.74. The van der Waals surface area contributed by atoms with Crippen LogP contribution in [0, 0.1) is 11.6 Å². The van der Waals surface area contributed by atoms with Crippen LogP contribution in [0.3, 0.4) is 0 Å². The lowest BCUT2D eigenvalue weighted by Gasteiger charge is -2.19. The van der Waals surface area contributed by atoms with E-state index in [1.807, 2.05) is 0 Å². The molecule has 2 rings (SSSR count). The number of aromatic nitrogens is 1. The maximum atomic E-state index is 13.6. The first-order valence-electron chi connectivity index (χ1n) is 6.00. The number of alkyl halides is 3. The largest absolute Gasteiger partial charge is 0.416 e. The fraction of sp³-hybridized carbons (Fsp3) is 0.154. The highest BCUT2D eigenvalue weighted by Gasteiger charge is 2.33. The van der Waals surface area contributed by atoms with Gasteiger partial charge in [0.25, 0.3) is 10.0 Å². The van der Waals surface area contributed by atoms with Gasteiger partial charge in [-0.2, -0.15) is 13.2 Å². The van der Waals surface area contributed by atoms with E-state index < -0.39 is 44.1 Å². The van der Waals surface area contributed by atoms with Gasteiger partial charge in [0, 0.05) is 13.1 Å². The van der Waals surface area contributed by atoms with Crippen LogP contribution >= 0.6 is 0 Å². The van der Waals surface area contributed by atoms with Gasteiger partial charge < -0.3 is 0 Å². The molecule has 10 heteroatoms. The van der Waals surface area contributed by atoms with Crippen LogP contribution in [0.25, 0.3) is 0 Å². The van der Waals surface area contributed by atoms with Crippen molar-refractivity contribution in [1.82, 2.24) is 4.98 Å². The first-order chi connectivity index (χ1) is 10.5. The van der Waals surface area contributed by atoms with Crippen molar-refractivity contribution in [2.24, 2.45) is 0 Å². The SMILES string of the molecule is CN(c1ncc(F)cc1F)S(=O)(=O)c1cccc(C(F)(F)F)c1. The Balaban J connectivity index is 2.49. The lowest BCUT2D eigenvalue weighted by atomic mass is 10.2. The van der Waals surface area contributed by atoms with E-state index in [-0.39, 0.29) is 0 Å². The molecular weight excluding hydrogens is 343 g/mol. The Morgan fingerprint density at radius 1 is 1.13 bits per heavy atom. The van der Waals surface area contributed by atoms with Crippen LogP contribution in [0.4, 0.5) is 27.8 Å². The Hall–Kier alpha value is -2.23. The van der Waals surface area contributed by atoms with E-state index >= 15 is 0 Å². The third-order valence-electron chi connectivity index (χ3n) is 2.91. The summed E-state index contributed by atoms with van der Waals surface area (Å²) in [6, 6.07) is 3.39. The Morgan fingerprint density at radius 2 is 1.78 bits per heavy atom. The second kappa shape index (κ2) is 5.76. The Morgan fingerprint density at radius 3 is 2.35 bits per heavy atom. The van der Waals surface area contributed by atoms with Crippen molar-refractivity contribution < 1.29 is 30.4 Å². The van der Waals surface area contributed by atoms with Gasteiger partial charge in [-0.05, 0) is 18.2 Å². The molecule has 124 valence electrons. The third kappa shape index (κ3) is 3.41. The summed E-state index contributed by atoms with van der Waals surface area (Å²) >= 11 is 0. The summed E-state index contributed by atoms with van der Waals surface area (Å²) in [5.74, 6) is -3.01. The summed E-state index contributed by atoms with van der Waals surface area (Å²) in [7, 11) is -3.60. The van der Waals surface area contributed by atoms with Crippen LogP contribution in [0.1, 0.15) is 5.56 Å². The van der Waals surface area contributed by atoms with Gasteiger partial charge in [-0.3, -0.25) is 4.31 Å². The van der Waals surface area contributed by atoms with Crippen molar-refractivity contribution in [3.05, 3.63) is 53.7 Å². The maximum Gasteiger partial charge on any atom is 0.416 e. The lowest BCUT2D eigenvalue weighted by molar-refractivity contribution is -0.137. The number of sulfonamides is 1. The average molecular weight is 352 g/mol. The number of pyridine rings is 1. The molecule has 4 nitrogen and oxygen atoms in total. The van der Waals surface area contributed by atoms with Crippen molar-refractivity contribution in [1.29, 1.82) is 0 Å². The van der Waals surface area contributed by atoms with Crippen molar-refractivity contribution in [3.63, 3.8) is 0 Å². The molecule has 2 aromatic rings. The number of halogens is 5. The van der Waals surface area contributed by atoms with Crippen LogP contribution in [0.2, 0.25) is 0 Å². The Kier molecular flexibility index (Phi) is 4.29. The molecule has 0 aliphatic heterocycles. The van der Waals surface area contributed by atoms with Gasteiger partial charge in [0.2, 0.25) is 0 Å². The number of rotatable bonds is 3. The summed E-state index contributed by atoms with van der Waals surface area (Å²) in [6.07, 6.45) is -4.14. The van der Waals surface area contributed by atoms with Crippen molar-refractivity contribution >= 4 is 15.8 Å². The number of benzene rings is 1. The summed E-state index contributed by atoms with van der Waals surface area (Å²) < 4.78 is 89.4. The predicted octanol–water partition coefficient (Wildman–Crippen LogP) is 3.20. The van der Waals surface area contributed by atoms with Crippen LogP contribution in [0.5, 0.6) is 0 Å². The molecule has 0 spiro atoms. The standard InChI is InChI=1S/C13H9F5N2O2S/c1-20(12-11(15)6-9(14)7-19-12)23(21,22)10-4-2-3-8(5-10)13(16,17)18/h2-7H,1H3. The molecule has 0 N–H and O–H groups in total. The summed E-state index contributed by atoms with van der Waals surface area (Å²) in [6.45, 7) is 0.